The molecular formula is C18H18N2OS2. The molecular weight excluding hydrogens is 324 g/mol. The number of nitrogens with zero attached hydrogens (tertiary/aromatic N) is 2. The summed E-state index contributed by atoms with van der Waals surface area (Å²) in [5.41, 5.74) is 3.12. The van der Waals surface area contributed by atoms with E-state index in [9.17, 15) is 5.11 Å². The molecule has 1 saturated carbocycles. The van der Waals surface area contributed by atoms with Crippen molar-refractivity contribution in [1.82, 2.24) is 4.57 Å². The fourth-order valence-corrected chi connectivity index (χ4v) is 4.85. The minimum Gasteiger partial charge on any atom is -0.493 e. The van der Waals surface area contributed by atoms with Gasteiger partial charge in [0.05, 0.1) is 10.6 Å². The first kappa shape index (κ1) is 14.8. The first-order valence-corrected chi connectivity index (χ1v) is 9.26. The zero-order chi connectivity index (χ0) is 15.8. The van der Waals surface area contributed by atoms with E-state index >= 15 is 0 Å². The topological polar surface area (TPSA) is 37.5 Å². The van der Waals surface area contributed by atoms with Crippen LogP contribution in [0.3, 0.4) is 0 Å². The van der Waals surface area contributed by atoms with Gasteiger partial charge in [-0.3, -0.25) is 9.56 Å². The lowest BCUT2D eigenvalue weighted by atomic mass is 9.95. The number of aliphatic imine (C=N–C) groups is 1. The minimum atomic E-state index is 0.317. The van der Waals surface area contributed by atoms with Crippen molar-refractivity contribution in [2.45, 2.75) is 38.1 Å². The van der Waals surface area contributed by atoms with E-state index in [1.165, 1.54) is 30.6 Å². The molecule has 23 heavy (non-hydrogen) atoms. The van der Waals surface area contributed by atoms with Crippen LogP contribution < -0.4 is 0 Å². The van der Waals surface area contributed by atoms with Gasteiger partial charge in [0.1, 0.15) is 0 Å². The highest BCUT2D eigenvalue weighted by atomic mass is 32.1. The molecule has 2 aromatic rings. The fraction of sp³-hybridized carbons (Fsp3) is 0.333. The van der Waals surface area contributed by atoms with Crippen LogP contribution in [-0.2, 0) is 0 Å². The summed E-state index contributed by atoms with van der Waals surface area (Å²) in [4.78, 5) is 5.25. The van der Waals surface area contributed by atoms with Crippen molar-refractivity contribution in [2.24, 2.45) is 4.99 Å². The maximum absolute atomic E-state index is 10.7. The van der Waals surface area contributed by atoms with Crippen molar-refractivity contribution in [1.29, 1.82) is 0 Å². The van der Waals surface area contributed by atoms with Crippen molar-refractivity contribution in [2.75, 3.05) is 0 Å². The Kier molecular flexibility index (Phi) is 3.91. The summed E-state index contributed by atoms with van der Waals surface area (Å²) in [5.74, 6) is 0.317. The smallest absolute Gasteiger partial charge is 0.210 e. The predicted molar refractivity (Wildman–Crippen MR) is 99.4 cm³/mol. The molecule has 0 unspecified atom stereocenters. The molecule has 1 N–H and O–H groups in total. The second-order valence-electron chi connectivity index (χ2n) is 6.09. The molecule has 3 nitrogen and oxygen atoms in total. The van der Waals surface area contributed by atoms with E-state index in [2.05, 4.69) is 11.1 Å². The highest BCUT2D eigenvalue weighted by molar-refractivity contribution is 7.73. The molecule has 0 atom stereocenters. The number of hydrogen-bond acceptors (Lipinski definition) is 4. The third-order valence-electron chi connectivity index (χ3n) is 4.63. The van der Waals surface area contributed by atoms with Crippen LogP contribution in [0.25, 0.3) is 11.6 Å². The molecule has 0 radical (unpaired) electrons. The molecule has 0 bridgehead atoms. The van der Waals surface area contributed by atoms with E-state index in [0.717, 1.165) is 38.5 Å². The van der Waals surface area contributed by atoms with Gasteiger partial charge in [-0.1, -0.05) is 37.5 Å². The predicted octanol–water partition coefficient (Wildman–Crippen LogP) is 5.75. The van der Waals surface area contributed by atoms with Crippen LogP contribution in [0.2, 0.25) is 0 Å². The molecule has 0 amide bonds. The number of thiazole rings is 1. The molecule has 1 aliphatic heterocycles. The molecule has 1 fully saturated rings. The number of rotatable bonds is 2. The van der Waals surface area contributed by atoms with Crippen LogP contribution in [0.1, 0.15) is 48.6 Å². The van der Waals surface area contributed by atoms with Gasteiger partial charge in [-0.25, -0.2) is 0 Å². The molecule has 2 aliphatic rings. The van der Waals surface area contributed by atoms with Crippen molar-refractivity contribution in [3.63, 3.8) is 0 Å². The highest BCUT2D eigenvalue weighted by Gasteiger charge is 2.22. The van der Waals surface area contributed by atoms with E-state index in [1.54, 1.807) is 0 Å². The van der Waals surface area contributed by atoms with Crippen LogP contribution in [0.4, 0.5) is 5.69 Å². The zero-order valence-corrected chi connectivity index (χ0v) is 14.4. The molecule has 2 heterocycles. The molecule has 1 aromatic heterocycles. The second kappa shape index (κ2) is 6.06. The lowest BCUT2D eigenvalue weighted by Gasteiger charge is -2.23. The Morgan fingerprint density at radius 1 is 1.22 bits per heavy atom. The standard InChI is InChI=1S/C18H18N2OS2/c21-17-16(10-12-11-19-15-9-5-4-8-14(12)15)23-18(22)20(17)13-6-2-1-3-7-13/h4-5,8-11,13,21H,1-3,6-7H2/b12-10+. The highest BCUT2D eigenvalue weighted by Crippen LogP contribution is 2.39. The van der Waals surface area contributed by atoms with Gasteiger partial charge in [0, 0.05) is 23.4 Å². The van der Waals surface area contributed by atoms with Crippen LogP contribution >= 0.6 is 23.6 Å². The summed E-state index contributed by atoms with van der Waals surface area (Å²) < 4.78 is 2.73. The van der Waals surface area contributed by atoms with E-state index < -0.39 is 0 Å². The van der Waals surface area contributed by atoms with Crippen LogP contribution in [-0.4, -0.2) is 15.9 Å². The normalized spacial score (nSPS) is 19.4. The Bertz CT molecular complexity index is 854. The average Bonchev–Trinajstić information content (AvgIpc) is 3.10. The van der Waals surface area contributed by atoms with Gasteiger partial charge in [0.2, 0.25) is 5.88 Å². The molecule has 5 heteroatoms. The van der Waals surface area contributed by atoms with Crippen LogP contribution in [0.5, 0.6) is 5.88 Å². The summed E-state index contributed by atoms with van der Waals surface area (Å²) in [7, 11) is 0. The third-order valence-corrected chi connectivity index (χ3v) is 5.97. The first-order chi connectivity index (χ1) is 11.2. The number of hydrogen-bond donors (Lipinski definition) is 1. The monoisotopic (exact) mass is 342 g/mol. The number of allylic oxidation sites excluding steroid dienone is 1. The Morgan fingerprint density at radius 3 is 2.83 bits per heavy atom. The molecule has 4 rings (SSSR count). The average molecular weight is 342 g/mol. The van der Waals surface area contributed by atoms with Crippen molar-refractivity contribution in [3.8, 4) is 5.88 Å². The van der Waals surface area contributed by atoms with Crippen LogP contribution in [0, 0.1) is 3.95 Å². The Morgan fingerprint density at radius 2 is 2.00 bits per heavy atom. The van der Waals surface area contributed by atoms with Gasteiger partial charge in [-0.05, 0) is 37.2 Å². The molecule has 1 aliphatic carbocycles. The zero-order valence-electron chi connectivity index (χ0n) is 12.7. The molecule has 0 spiro atoms. The maximum Gasteiger partial charge on any atom is 0.210 e. The Hall–Kier alpha value is -1.72. The van der Waals surface area contributed by atoms with E-state index in [-0.39, 0.29) is 0 Å². The van der Waals surface area contributed by atoms with Gasteiger partial charge in [-0.2, -0.15) is 0 Å². The Labute approximate surface area is 144 Å². The number of aromatic nitrogens is 1. The largest absolute Gasteiger partial charge is 0.493 e. The van der Waals surface area contributed by atoms with Gasteiger partial charge < -0.3 is 5.11 Å². The minimum absolute atomic E-state index is 0.317. The van der Waals surface area contributed by atoms with E-state index in [4.69, 9.17) is 12.2 Å². The lowest BCUT2D eigenvalue weighted by Crippen LogP contribution is -2.12. The quantitative estimate of drug-likeness (QED) is 0.706. The second-order valence-corrected chi connectivity index (χ2v) is 7.77. The molecule has 118 valence electrons. The fourth-order valence-electron chi connectivity index (χ4n) is 3.44. The Balaban J connectivity index is 1.73. The molecule has 1 aromatic carbocycles. The van der Waals surface area contributed by atoms with Crippen molar-refractivity contribution >= 4 is 47.1 Å². The van der Waals surface area contributed by atoms with Gasteiger partial charge in [0.15, 0.2) is 3.95 Å². The van der Waals surface area contributed by atoms with Gasteiger partial charge in [0.25, 0.3) is 0 Å². The maximum atomic E-state index is 10.7. The summed E-state index contributed by atoms with van der Waals surface area (Å²) in [5, 5.41) is 10.7. The van der Waals surface area contributed by atoms with Gasteiger partial charge in [-0.15, -0.1) is 11.3 Å². The molecule has 0 saturated heterocycles. The first-order valence-electron chi connectivity index (χ1n) is 8.03. The summed E-state index contributed by atoms with van der Waals surface area (Å²) >= 11 is 7.00. The lowest BCUT2D eigenvalue weighted by molar-refractivity contribution is 0.312. The van der Waals surface area contributed by atoms with Crippen molar-refractivity contribution in [3.05, 3.63) is 38.7 Å². The number of para-hydroxylation sites is 1. The third kappa shape index (κ3) is 2.68. The van der Waals surface area contributed by atoms with Crippen LogP contribution in [0.15, 0.2) is 29.3 Å². The number of benzene rings is 1. The number of aromatic hydroxyl groups is 1. The van der Waals surface area contributed by atoms with E-state index in [1.807, 2.05) is 35.1 Å². The van der Waals surface area contributed by atoms with Gasteiger partial charge >= 0.3 is 0 Å². The summed E-state index contributed by atoms with van der Waals surface area (Å²) in [6.45, 7) is 0. The number of fused-ring (bicyclic) bond motifs is 1. The van der Waals surface area contributed by atoms with Crippen molar-refractivity contribution < 1.29 is 5.11 Å². The SMILES string of the molecule is Oc1c(/C=C2\C=Nc3ccccc32)sc(=S)n1C1CCCCC1. The summed E-state index contributed by atoms with van der Waals surface area (Å²) in [6.07, 6.45) is 9.81. The summed E-state index contributed by atoms with van der Waals surface area (Å²) in [6, 6.07) is 8.41. The van der Waals surface area contributed by atoms with E-state index in [0.29, 0.717) is 11.9 Å².